The summed E-state index contributed by atoms with van der Waals surface area (Å²) in [5.41, 5.74) is 2.04. The number of aromatic nitrogens is 5. The monoisotopic (exact) mass is 429 g/mol. The van der Waals surface area contributed by atoms with Crippen molar-refractivity contribution in [3.63, 3.8) is 0 Å². The molecular weight excluding hydrogens is 413 g/mol. The molecule has 0 radical (unpaired) electrons. The number of pyridine rings is 1. The quantitative estimate of drug-likeness (QED) is 0.426. The fourth-order valence-corrected chi connectivity index (χ4v) is 3.46. The number of hydrogen-bond donors (Lipinski definition) is 3. The van der Waals surface area contributed by atoms with Gasteiger partial charge in [-0.15, -0.1) is 0 Å². The van der Waals surface area contributed by atoms with Crippen LogP contribution in [0.1, 0.15) is 0 Å². The van der Waals surface area contributed by atoms with Crippen LogP contribution in [0.3, 0.4) is 0 Å². The number of halogens is 2. The molecule has 3 N–H and O–H groups in total. The largest absolute Gasteiger partial charge is 0.395 e. The van der Waals surface area contributed by atoms with Crippen LogP contribution in [-0.4, -0.2) is 50.2 Å². The molecule has 148 valence electrons. The number of aliphatic hydroxyl groups is 1. The van der Waals surface area contributed by atoms with Crippen molar-refractivity contribution in [1.29, 1.82) is 0 Å². The van der Waals surface area contributed by atoms with Gasteiger partial charge in [0.1, 0.15) is 29.3 Å². The second-order valence-corrected chi connectivity index (χ2v) is 7.08. The minimum absolute atomic E-state index is 0.0334. The molecule has 0 saturated carbocycles. The van der Waals surface area contributed by atoms with Crippen molar-refractivity contribution in [2.45, 2.75) is 0 Å². The molecular formula is C19H17Cl2N7O. The van der Waals surface area contributed by atoms with Crippen molar-refractivity contribution in [2.75, 3.05) is 30.4 Å². The van der Waals surface area contributed by atoms with Gasteiger partial charge >= 0.3 is 0 Å². The number of benzene rings is 1. The molecule has 10 heteroatoms. The highest BCUT2D eigenvalue weighted by Crippen LogP contribution is 2.35. The van der Waals surface area contributed by atoms with Crippen molar-refractivity contribution >= 4 is 51.7 Å². The van der Waals surface area contributed by atoms with E-state index in [2.05, 4.69) is 30.2 Å². The third kappa shape index (κ3) is 3.95. The Bertz CT molecular complexity index is 1140. The molecule has 0 unspecified atom stereocenters. The van der Waals surface area contributed by atoms with Crippen molar-refractivity contribution in [1.82, 2.24) is 24.9 Å². The van der Waals surface area contributed by atoms with Gasteiger partial charge in [0.25, 0.3) is 0 Å². The number of likely N-dealkylation sites (N-methyl/N-ethyl adjacent to an activating group) is 1. The first-order valence-corrected chi connectivity index (χ1v) is 9.52. The molecule has 0 spiro atoms. The molecule has 0 aliphatic carbocycles. The first-order valence-electron chi connectivity index (χ1n) is 8.77. The Morgan fingerprint density at radius 2 is 1.93 bits per heavy atom. The van der Waals surface area contributed by atoms with Gasteiger partial charge in [-0.2, -0.15) is 0 Å². The Balaban J connectivity index is 1.71. The number of H-pyrrole nitrogens is 1. The molecule has 0 aliphatic rings. The van der Waals surface area contributed by atoms with Crippen LogP contribution in [0.5, 0.6) is 0 Å². The fourth-order valence-electron chi connectivity index (χ4n) is 2.88. The lowest BCUT2D eigenvalue weighted by atomic mass is 10.2. The van der Waals surface area contributed by atoms with Crippen molar-refractivity contribution < 1.29 is 5.11 Å². The Morgan fingerprint density at radius 1 is 1.14 bits per heavy atom. The number of aliphatic hydroxyl groups excluding tert-OH is 1. The molecule has 8 nitrogen and oxygen atoms in total. The normalized spacial score (nSPS) is 11.0. The fraction of sp³-hybridized carbons (Fsp3) is 0.158. The van der Waals surface area contributed by atoms with E-state index in [1.165, 1.54) is 6.33 Å². The van der Waals surface area contributed by atoms with Crippen molar-refractivity contribution in [2.24, 2.45) is 0 Å². The highest BCUT2D eigenvalue weighted by Gasteiger charge is 2.15. The molecule has 0 bridgehead atoms. The van der Waals surface area contributed by atoms with Crippen LogP contribution in [0.4, 0.5) is 17.5 Å². The number of rotatable bonds is 6. The summed E-state index contributed by atoms with van der Waals surface area (Å²) in [6.45, 7) is 0.498. The minimum atomic E-state index is 0.0334. The number of hydrogen-bond acceptors (Lipinski definition) is 7. The lowest BCUT2D eigenvalue weighted by molar-refractivity contribution is 0.304. The molecule has 0 aliphatic heterocycles. The molecule has 3 aromatic heterocycles. The Labute approximate surface area is 176 Å². The molecule has 29 heavy (non-hydrogen) atoms. The van der Waals surface area contributed by atoms with E-state index in [1.807, 2.05) is 11.9 Å². The maximum Gasteiger partial charge on any atom is 0.157 e. The molecule has 0 saturated heterocycles. The smallest absolute Gasteiger partial charge is 0.157 e. The van der Waals surface area contributed by atoms with Crippen molar-refractivity contribution in [3.8, 4) is 11.4 Å². The van der Waals surface area contributed by atoms with Gasteiger partial charge in [-0.25, -0.2) is 19.9 Å². The van der Waals surface area contributed by atoms with Gasteiger partial charge < -0.3 is 20.3 Å². The van der Waals surface area contributed by atoms with Crippen LogP contribution in [0, 0.1) is 0 Å². The van der Waals surface area contributed by atoms with Crippen LogP contribution in [0.2, 0.25) is 10.0 Å². The Morgan fingerprint density at radius 3 is 2.69 bits per heavy atom. The Kier molecular flexibility index (Phi) is 5.48. The zero-order valence-corrected chi connectivity index (χ0v) is 16.9. The Hall–Kier alpha value is -2.94. The van der Waals surface area contributed by atoms with Gasteiger partial charge in [0, 0.05) is 25.9 Å². The second-order valence-electron chi connectivity index (χ2n) is 6.27. The standard InChI is InChI=1S/C19H17Cl2N7O/c1-28(7-8-29)15-9-14(23-10-24-15)26-19-17-13(5-6-22-19)25-18(27-17)16-11(20)3-2-4-12(16)21/h2-6,9-10,29H,7-8H2,1H3,(H,25,27)(H,22,23,24,26). The molecule has 1 aromatic carbocycles. The van der Waals surface area contributed by atoms with Crippen molar-refractivity contribution in [3.05, 3.63) is 52.9 Å². The van der Waals surface area contributed by atoms with Gasteiger partial charge in [0.2, 0.25) is 0 Å². The zero-order chi connectivity index (χ0) is 20.4. The highest BCUT2D eigenvalue weighted by molar-refractivity contribution is 6.39. The van der Waals surface area contributed by atoms with Crippen LogP contribution in [-0.2, 0) is 0 Å². The summed E-state index contributed by atoms with van der Waals surface area (Å²) in [6.07, 6.45) is 3.11. The van der Waals surface area contributed by atoms with E-state index in [4.69, 9.17) is 28.3 Å². The summed E-state index contributed by atoms with van der Waals surface area (Å²) in [4.78, 5) is 22.6. The number of nitrogens with one attached hydrogen (secondary N) is 2. The summed E-state index contributed by atoms with van der Waals surface area (Å²) in [6, 6.07) is 8.88. The number of fused-ring (bicyclic) bond motifs is 1. The van der Waals surface area contributed by atoms with E-state index in [0.29, 0.717) is 56.5 Å². The molecule has 4 rings (SSSR count). The van der Waals surface area contributed by atoms with Gasteiger partial charge in [0.15, 0.2) is 5.82 Å². The predicted octanol–water partition coefficient (Wildman–Crippen LogP) is 3.89. The highest BCUT2D eigenvalue weighted by atomic mass is 35.5. The molecule has 0 amide bonds. The molecule has 4 aromatic rings. The third-order valence-electron chi connectivity index (χ3n) is 4.33. The number of aromatic amines is 1. The molecule has 3 heterocycles. The van der Waals surface area contributed by atoms with E-state index in [0.717, 1.165) is 0 Å². The van der Waals surface area contributed by atoms with Gasteiger partial charge in [0.05, 0.1) is 27.7 Å². The average molecular weight is 430 g/mol. The van der Waals surface area contributed by atoms with Crippen LogP contribution >= 0.6 is 23.2 Å². The maximum atomic E-state index is 9.12. The molecule has 0 atom stereocenters. The SMILES string of the molecule is CN(CCO)c1cc(Nc2nccc3nc(-c4c(Cl)cccc4Cl)[nH]c23)ncn1. The van der Waals surface area contributed by atoms with Crippen LogP contribution < -0.4 is 10.2 Å². The van der Waals surface area contributed by atoms with E-state index in [1.54, 1.807) is 36.5 Å². The number of imidazole rings is 1. The third-order valence-corrected chi connectivity index (χ3v) is 4.96. The first-order chi connectivity index (χ1) is 14.1. The summed E-state index contributed by atoms with van der Waals surface area (Å²) in [7, 11) is 1.84. The topological polar surface area (TPSA) is 103 Å². The van der Waals surface area contributed by atoms with Gasteiger partial charge in [-0.3, -0.25) is 0 Å². The first kappa shape index (κ1) is 19.4. The minimum Gasteiger partial charge on any atom is -0.395 e. The summed E-state index contributed by atoms with van der Waals surface area (Å²) < 4.78 is 0. The van der Waals surface area contributed by atoms with Gasteiger partial charge in [-0.05, 0) is 18.2 Å². The van der Waals surface area contributed by atoms with E-state index in [9.17, 15) is 0 Å². The lowest BCUT2D eigenvalue weighted by Gasteiger charge is -2.17. The maximum absolute atomic E-state index is 9.12. The van der Waals surface area contributed by atoms with E-state index >= 15 is 0 Å². The van der Waals surface area contributed by atoms with Gasteiger partial charge in [-0.1, -0.05) is 29.3 Å². The van der Waals surface area contributed by atoms with Crippen LogP contribution in [0.15, 0.2) is 42.9 Å². The lowest BCUT2D eigenvalue weighted by Crippen LogP contribution is -2.22. The van der Waals surface area contributed by atoms with E-state index in [-0.39, 0.29) is 6.61 Å². The average Bonchev–Trinajstić information content (AvgIpc) is 3.13. The van der Waals surface area contributed by atoms with E-state index < -0.39 is 0 Å². The summed E-state index contributed by atoms with van der Waals surface area (Å²) >= 11 is 12.6. The number of anilines is 3. The summed E-state index contributed by atoms with van der Waals surface area (Å²) in [5.74, 6) is 2.35. The number of nitrogens with zero attached hydrogens (tertiary/aromatic N) is 5. The van der Waals surface area contributed by atoms with Crippen LogP contribution in [0.25, 0.3) is 22.4 Å². The second kappa shape index (κ2) is 8.20. The zero-order valence-electron chi connectivity index (χ0n) is 15.4. The summed E-state index contributed by atoms with van der Waals surface area (Å²) in [5, 5.41) is 13.3. The predicted molar refractivity (Wildman–Crippen MR) is 115 cm³/mol. The molecule has 0 fully saturated rings.